The average molecular weight is 251 g/mol. The van der Waals surface area contributed by atoms with Crippen LogP contribution in [-0.2, 0) is 6.54 Å². The number of halogens is 1. The quantitative estimate of drug-likeness (QED) is 0.630. The third-order valence-electron chi connectivity index (χ3n) is 2.22. The second-order valence-electron chi connectivity index (χ2n) is 3.56. The van der Waals surface area contributed by atoms with Gasteiger partial charge in [-0.25, -0.2) is 4.39 Å². The zero-order valence-corrected chi connectivity index (χ0v) is 10.2. The lowest BCUT2D eigenvalue weighted by molar-refractivity contribution is 0.488. The first-order chi connectivity index (χ1) is 8.34. The monoisotopic (exact) mass is 251 g/mol. The highest BCUT2D eigenvalue weighted by Crippen LogP contribution is 2.17. The summed E-state index contributed by atoms with van der Waals surface area (Å²) >= 11 is 1.64. The van der Waals surface area contributed by atoms with Crippen LogP contribution in [0, 0.1) is 5.82 Å². The van der Waals surface area contributed by atoms with E-state index in [0.717, 1.165) is 29.5 Å². The number of nitrogens with one attached hydrogen (secondary N) is 1. The molecule has 2 nitrogen and oxygen atoms in total. The van der Waals surface area contributed by atoms with Gasteiger partial charge < -0.3 is 9.73 Å². The lowest BCUT2D eigenvalue weighted by Crippen LogP contribution is -2.15. The van der Waals surface area contributed by atoms with Gasteiger partial charge in [0.15, 0.2) is 0 Å². The lowest BCUT2D eigenvalue weighted by atomic mass is 10.4. The van der Waals surface area contributed by atoms with E-state index >= 15 is 0 Å². The molecule has 4 heteroatoms. The van der Waals surface area contributed by atoms with Crippen molar-refractivity contribution in [3.05, 3.63) is 54.2 Å². The maximum atomic E-state index is 12.9. The van der Waals surface area contributed by atoms with E-state index in [2.05, 4.69) is 5.32 Å². The number of thioether (sulfide) groups is 1. The zero-order valence-electron chi connectivity index (χ0n) is 9.36. The molecule has 1 aromatic heterocycles. The summed E-state index contributed by atoms with van der Waals surface area (Å²) in [5.41, 5.74) is 0. The molecule has 0 unspecified atom stereocenters. The van der Waals surface area contributed by atoms with Crippen LogP contribution < -0.4 is 5.32 Å². The Morgan fingerprint density at radius 3 is 2.94 bits per heavy atom. The van der Waals surface area contributed by atoms with Gasteiger partial charge in [-0.15, -0.1) is 11.8 Å². The van der Waals surface area contributed by atoms with Crippen molar-refractivity contribution in [1.82, 2.24) is 5.32 Å². The summed E-state index contributed by atoms with van der Waals surface area (Å²) in [7, 11) is 0. The predicted octanol–water partition coefficient (Wildman–Crippen LogP) is 3.30. The van der Waals surface area contributed by atoms with Crippen LogP contribution in [0.15, 0.2) is 52.0 Å². The van der Waals surface area contributed by atoms with Gasteiger partial charge in [0.1, 0.15) is 11.6 Å². The topological polar surface area (TPSA) is 25.2 Å². The third-order valence-corrected chi connectivity index (χ3v) is 3.22. The molecule has 0 atom stereocenters. The molecule has 0 saturated heterocycles. The maximum Gasteiger partial charge on any atom is 0.124 e. The van der Waals surface area contributed by atoms with Crippen molar-refractivity contribution in [2.24, 2.45) is 0 Å². The van der Waals surface area contributed by atoms with Gasteiger partial charge in [0.05, 0.1) is 12.8 Å². The van der Waals surface area contributed by atoms with Gasteiger partial charge in [-0.1, -0.05) is 6.07 Å². The Kier molecular flexibility index (Phi) is 4.64. The van der Waals surface area contributed by atoms with E-state index in [4.69, 9.17) is 4.42 Å². The Morgan fingerprint density at radius 2 is 2.18 bits per heavy atom. The van der Waals surface area contributed by atoms with Crippen LogP contribution in [0.3, 0.4) is 0 Å². The molecular weight excluding hydrogens is 237 g/mol. The summed E-state index contributed by atoms with van der Waals surface area (Å²) < 4.78 is 18.1. The molecular formula is C13H14FNOS. The van der Waals surface area contributed by atoms with Gasteiger partial charge >= 0.3 is 0 Å². The smallest absolute Gasteiger partial charge is 0.124 e. The van der Waals surface area contributed by atoms with Gasteiger partial charge in [-0.3, -0.25) is 0 Å². The third kappa shape index (κ3) is 4.24. The summed E-state index contributed by atoms with van der Waals surface area (Å²) in [4.78, 5) is 0.963. The highest BCUT2D eigenvalue weighted by molar-refractivity contribution is 7.99. The molecule has 0 radical (unpaired) electrons. The van der Waals surface area contributed by atoms with Gasteiger partial charge in [-0.05, 0) is 30.3 Å². The highest BCUT2D eigenvalue weighted by Gasteiger charge is 1.97. The number of benzene rings is 1. The van der Waals surface area contributed by atoms with Crippen LogP contribution in [0.25, 0.3) is 0 Å². The Bertz CT molecular complexity index is 444. The lowest BCUT2D eigenvalue weighted by Gasteiger charge is -2.03. The Labute approximate surface area is 104 Å². The molecule has 2 rings (SSSR count). The fourth-order valence-electron chi connectivity index (χ4n) is 1.42. The fourth-order valence-corrected chi connectivity index (χ4v) is 2.28. The normalized spacial score (nSPS) is 10.6. The molecule has 1 aromatic carbocycles. The van der Waals surface area contributed by atoms with E-state index < -0.39 is 0 Å². The minimum atomic E-state index is -0.182. The van der Waals surface area contributed by atoms with Crippen molar-refractivity contribution >= 4 is 11.8 Å². The van der Waals surface area contributed by atoms with Crippen molar-refractivity contribution in [2.45, 2.75) is 11.4 Å². The molecule has 0 saturated carbocycles. The summed E-state index contributed by atoms with van der Waals surface area (Å²) in [6.45, 7) is 1.60. The SMILES string of the molecule is Fc1cccc(SCCNCc2ccco2)c1. The highest BCUT2D eigenvalue weighted by atomic mass is 32.2. The van der Waals surface area contributed by atoms with E-state index in [9.17, 15) is 4.39 Å². The van der Waals surface area contributed by atoms with E-state index in [1.165, 1.54) is 6.07 Å². The Hall–Kier alpha value is -1.26. The second kappa shape index (κ2) is 6.47. The predicted molar refractivity (Wildman–Crippen MR) is 67.5 cm³/mol. The van der Waals surface area contributed by atoms with Crippen molar-refractivity contribution in [1.29, 1.82) is 0 Å². The van der Waals surface area contributed by atoms with E-state index in [-0.39, 0.29) is 5.82 Å². The molecule has 0 amide bonds. The number of hydrogen-bond donors (Lipinski definition) is 1. The van der Waals surface area contributed by atoms with Crippen molar-refractivity contribution in [2.75, 3.05) is 12.3 Å². The first-order valence-corrected chi connectivity index (χ1v) is 6.44. The first-order valence-electron chi connectivity index (χ1n) is 5.46. The van der Waals surface area contributed by atoms with Crippen LogP contribution in [0.5, 0.6) is 0 Å². The maximum absolute atomic E-state index is 12.9. The van der Waals surface area contributed by atoms with Crippen LogP contribution >= 0.6 is 11.8 Å². The molecule has 17 heavy (non-hydrogen) atoms. The molecule has 0 spiro atoms. The summed E-state index contributed by atoms with van der Waals surface area (Å²) in [6.07, 6.45) is 1.67. The van der Waals surface area contributed by atoms with Crippen molar-refractivity contribution < 1.29 is 8.81 Å². The summed E-state index contributed by atoms with van der Waals surface area (Å²) in [5, 5.41) is 3.26. The first kappa shape index (κ1) is 12.2. The molecule has 0 fully saturated rings. The van der Waals surface area contributed by atoms with E-state index in [1.807, 2.05) is 18.2 Å². The van der Waals surface area contributed by atoms with Gasteiger partial charge in [0.25, 0.3) is 0 Å². The van der Waals surface area contributed by atoms with Crippen molar-refractivity contribution in [3.8, 4) is 0 Å². The summed E-state index contributed by atoms with van der Waals surface area (Å²) in [5.74, 6) is 1.66. The van der Waals surface area contributed by atoms with Gasteiger partial charge in [-0.2, -0.15) is 0 Å². The van der Waals surface area contributed by atoms with Crippen LogP contribution in [0.2, 0.25) is 0 Å². The van der Waals surface area contributed by atoms with E-state index in [1.54, 1.807) is 30.2 Å². The number of rotatable bonds is 6. The zero-order chi connectivity index (χ0) is 11.9. The average Bonchev–Trinajstić information content (AvgIpc) is 2.82. The van der Waals surface area contributed by atoms with Gasteiger partial charge in [0, 0.05) is 17.2 Å². The molecule has 0 aliphatic heterocycles. The second-order valence-corrected chi connectivity index (χ2v) is 4.73. The standard InChI is InChI=1S/C13H14FNOS/c14-11-3-1-5-13(9-11)17-8-6-15-10-12-4-2-7-16-12/h1-5,7,9,15H,6,8,10H2. The molecule has 2 aromatic rings. The molecule has 0 bridgehead atoms. The fraction of sp³-hybridized carbons (Fsp3) is 0.231. The van der Waals surface area contributed by atoms with Crippen molar-refractivity contribution in [3.63, 3.8) is 0 Å². The van der Waals surface area contributed by atoms with Gasteiger partial charge in [0.2, 0.25) is 0 Å². The summed E-state index contributed by atoms with van der Waals surface area (Å²) in [6, 6.07) is 10.5. The number of hydrogen-bond acceptors (Lipinski definition) is 3. The van der Waals surface area contributed by atoms with E-state index in [0.29, 0.717) is 0 Å². The number of furan rings is 1. The molecule has 90 valence electrons. The minimum Gasteiger partial charge on any atom is -0.468 e. The molecule has 0 aliphatic carbocycles. The minimum absolute atomic E-state index is 0.182. The Balaban J connectivity index is 1.63. The Morgan fingerprint density at radius 1 is 1.24 bits per heavy atom. The van der Waals surface area contributed by atoms with Crippen LogP contribution in [0.1, 0.15) is 5.76 Å². The van der Waals surface area contributed by atoms with Crippen LogP contribution in [-0.4, -0.2) is 12.3 Å². The molecule has 1 N–H and O–H groups in total. The largest absolute Gasteiger partial charge is 0.468 e. The molecule has 1 heterocycles. The molecule has 0 aliphatic rings. The van der Waals surface area contributed by atoms with Crippen LogP contribution in [0.4, 0.5) is 4.39 Å².